The Morgan fingerprint density at radius 1 is 1.10 bits per heavy atom. The molecule has 2 aromatic carbocycles. The predicted octanol–water partition coefficient (Wildman–Crippen LogP) is 3.42. The van der Waals surface area contributed by atoms with Gasteiger partial charge in [0.05, 0.1) is 4.99 Å². The van der Waals surface area contributed by atoms with Crippen molar-refractivity contribution < 1.29 is 5.11 Å². The molecule has 0 saturated carbocycles. The van der Waals surface area contributed by atoms with Crippen LogP contribution in [0.3, 0.4) is 0 Å². The Bertz CT molecular complexity index is 652. The van der Waals surface area contributed by atoms with Gasteiger partial charge in [0, 0.05) is 25.6 Å². The van der Waals surface area contributed by atoms with Crippen LogP contribution in [0.4, 0.5) is 0 Å². The fourth-order valence-corrected chi connectivity index (χ4v) is 3.01. The van der Waals surface area contributed by atoms with E-state index in [9.17, 15) is 5.11 Å². The molecule has 0 spiro atoms. The van der Waals surface area contributed by atoms with Crippen molar-refractivity contribution in [2.45, 2.75) is 12.8 Å². The molecule has 1 N–H and O–H groups in total. The van der Waals surface area contributed by atoms with Gasteiger partial charge in [-0.2, -0.15) is 0 Å². The van der Waals surface area contributed by atoms with Gasteiger partial charge in [0.15, 0.2) is 0 Å². The van der Waals surface area contributed by atoms with E-state index in [2.05, 4.69) is 4.90 Å². The summed E-state index contributed by atoms with van der Waals surface area (Å²) in [6.45, 7) is 0.898. The van der Waals surface area contributed by atoms with Crippen molar-refractivity contribution in [3.8, 4) is 16.9 Å². The summed E-state index contributed by atoms with van der Waals surface area (Å²) in [5.74, 6) is 0.352. The third kappa shape index (κ3) is 2.29. The number of fused-ring (bicyclic) bond motifs is 1. The molecular formula is C17H17NOS. The minimum absolute atomic E-state index is 0.352. The Balaban J connectivity index is 2.17. The van der Waals surface area contributed by atoms with Gasteiger partial charge in [-0.1, -0.05) is 48.6 Å². The zero-order chi connectivity index (χ0) is 14.1. The first kappa shape index (κ1) is 13.1. The molecule has 0 radical (unpaired) electrons. The highest BCUT2D eigenvalue weighted by Crippen LogP contribution is 2.36. The van der Waals surface area contributed by atoms with E-state index in [4.69, 9.17) is 12.2 Å². The van der Waals surface area contributed by atoms with Crippen LogP contribution in [0.1, 0.15) is 11.1 Å². The van der Waals surface area contributed by atoms with Crippen LogP contribution >= 0.6 is 12.2 Å². The maximum atomic E-state index is 10.3. The van der Waals surface area contributed by atoms with E-state index in [1.807, 2.05) is 43.4 Å². The van der Waals surface area contributed by atoms with E-state index in [1.54, 1.807) is 6.07 Å². The summed E-state index contributed by atoms with van der Waals surface area (Å²) in [6.07, 6.45) is 1.69. The molecule has 0 aromatic heterocycles. The highest BCUT2D eigenvalue weighted by Gasteiger charge is 2.20. The highest BCUT2D eigenvalue weighted by atomic mass is 32.1. The molecule has 102 valence electrons. The number of rotatable bonds is 1. The summed E-state index contributed by atoms with van der Waals surface area (Å²) in [5.41, 5.74) is 4.48. The van der Waals surface area contributed by atoms with Gasteiger partial charge < -0.3 is 10.0 Å². The number of likely N-dealkylation sites (N-methyl/N-ethyl adjacent to an activating group) is 1. The van der Waals surface area contributed by atoms with E-state index in [1.165, 1.54) is 11.1 Å². The molecule has 0 unspecified atom stereocenters. The monoisotopic (exact) mass is 283 g/mol. The molecule has 20 heavy (non-hydrogen) atoms. The summed E-state index contributed by atoms with van der Waals surface area (Å²) in [5, 5.41) is 10.3. The second-order valence-corrected chi connectivity index (χ2v) is 5.68. The molecule has 0 bridgehead atoms. The minimum Gasteiger partial charge on any atom is -0.507 e. The van der Waals surface area contributed by atoms with Crippen LogP contribution in [0, 0.1) is 0 Å². The Kier molecular flexibility index (Phi) is 3.45. The SMILES string of the molecule is CN1CCc2c(ccc(O)c2-c2ccccc2)CC1=S. The molecule has 3 heteroatoms. The van der Waals surface area contributed by atoms with Crippen molar-refractivity contribution in [2.24, 2.45) is 0 Å². The van der Waals surface area contributed by atoms with Crippen molar-refractivity contribution in [1.29, 1.82) is 0 Å². The average molecular weight is 283 g/mol. The van der Waals surface area contributed by atoms with Gasteiger partial charge in [-0.15, -0.1) is 0 Å². The molecule has 2 nitrogen and oxygen atoms in total. The van der Waals surface area contributed by atoms with E-state index < -0.39 is 0 Å². The van der Waals surface area contributed by atoms with Crippen molar-refractivity contribution in [2.75, 3.05) is 13.6 Å². The largest absolute Gasteiger partial charge is 0.507 e. The Morgan fingerprint density at radius 2 is 1.85 bits per heavy atom. The molecular weight excluding hydrogens is 266 g/mol. The average Bonchev–Trinajstić information content (AvgIpc) is 2.60. The smallest absolute Gasteiger partial charge is 0.123 e. The van der Waals surface area contributed by atoms with Gasteiger partial charge in [-0.3, -0.25) is 0 Å². The van der Waals surface area contributed by atoms with Gasteiger partial charge in [0.1, 0.15) is 5.75 Å². The van der Waals surface area contributed by atoms with Crippen molar-refractivity contribution in [1.82, 2.24) is 4.90 Å². The fraction of sp³-hybridized carbons (Fsp3) is 0.235. The zero-order valence-electron chi connectivity index (χ0n) is 11.5. The van der Waals surface area contributed by atoms with Gasteiger partial charge >= 0.3 is 0 Å². The molecule has 1 heterocycles. The highest BCUT2D eigenvalue weighted by molar-refractivity contribution is 7.80. The van der Waals surface area contributed by atoms with Crippen molar-refractivity contribution in [3.05, 3.63) is 53.6 Å². The minimum atomic E-state index is 0.352. The zero-order valence-corrected chi connectivity index (χ0v) is 12.3. The maximum Gasteiger partial charge on any atom is 0.123 e. The number of phenols is 1. The number of phenolic OH excluding ortho intramolecular Hbond substituents is 1. The summed E-state index contributed by atoms with van der Waals surface area (Å²) < 4.78 is 0. The number of thiocarbonyl (C=S) groups is 1. The first-order valence-corrected chi connectivity index (χ1v) is 7.21. The van der Waals surface area contributed by atoms with E-state index in [-0.39, 0.29) is 0 Å². The molecule has 0 aliphatic carbocycles. The first-order chi connectivity index (χ1) is 9.66. The second kappa shape index (κ2) is 5.25. The van der Waals surface area contributed by atoms with Crippen LogP contribution in [-0.2, 0) is 12.8 Å². The molecule has 1 aliphatic rings. The number of hydrogen-bond acceptors (Lipinski definition) is 2. The van der Waals surface area contributed by atoms with Gasteiger partial charge in [0.2, 0.25) is 0 Å². The Morgan fingerprint density at radius 3 is 2.60 bits per heavy atom. The lowest BCUT2D eigenvalue weighted by Gasteiger charge is -2.15. The summed E-state index contributed by atoms with van der Waals surface area (Å²) in [4.78, 5) is 3.09. The Labute approximate surface area is 124 Å². The predicted molar refractivity (Wildman–Crippen MR) is 86.2 cm³/mol. The van der Waals surface area contributed by atoms with Gasteiger partial charge in [-0.25, -0.2) is 0 Å². The molecule has 1 aliphatic heterocycles. The first-order valence-electron chi connectivity index (χ1n) is 6.80. The molecule has 0 saturated heterocycles. The standard InChI is InChI=1S/C17H17NOS/c1-18-10-9-14-13(11-16(18)20)7-8-15(19)17(14)12-5-3-2-4-6-12/h2-8,19H,9-11H2,1H3. The lowest BCUT2D eigenvalue weighted by molar-refractivity contribution is 0.475. The summed E-state index contributed by atoms with van der Waals surface area (Å²) >= 11 is 5.45. The van der Waals surface area contributed by atoms with E-state index >= 15 is 0 Å². The van der Waals surface area contributed by atoms with E-state index in [0.29, 0.717) is 5.75 Å². The Hall–Kier alpha value is -1.87. The van der Waals surface area contributed by atoms with Crippen LogP contribution in [0.2, 0.25) is 0 Å². The lowest BCUT2D eigenvalue weighted by Crippen LogP contribution is -2.26. The number of aromatic hydroxyl groups is 1. The summed E-state index contributed by atoms with van der Waals surface area (Å²) in [6, 6.07) is 13.9. The third-order valence-electron chi connectivity index (χ3n) is 3.92. The van der Waals surface area contributed by atoms with Crippen molar-refractivity contribution >= 4 is 17.2 Å². The van der Waals surface area contributed by atoms with E-state index in [0.717, 1.165) is 35.5 Å². The van der Waals surface area contributed by atoms with Gasteiger partial charge in [-0.05, 0) is 29.2 Å². The molecule has 3 rings (SSSR count). The van der Waals surface area contributed by atoms with Crippen LogP contribution < -0.4 is 0 Å². The number of benzene rings is 2. The third-order valence-corrected chi connectivity index (χ3v) is 4.37. The molecule has 0 atom stereocenters. The van der Waals surface area contributed by atoms with Gasteiger partial charge in [0.25, 0.3) is 0 Å². The molecule has 0 amide bonds. The maximum absolute atomic E-state index is 10.3. The number of hydrogen-bond donors (Lipinski definition) is 1. The summed E-state index contributed by atoms with van der Waals surface area (Å²) in [7, 11) is 2.04. The van der Waals surface area contributed by atoms with Crippen LogP contribution in [0.25, 0.3) is 11.1 Å². The van der Waals surface area contributed by atoms with Crippen LogP contribution in [0.5, 0.6) is 5.75 Å². The normalized spacial score (nSPS) is 14.8. The second-order valence-electron chi connectivity index (χ2n) is 5.21. The molecule has 0 fully saturated rings. The van der Waals surface area contributed by atoms with Crippen molar-refractivity contribution in [3.63, 3.8) is 0 Å². The van der Waals surface area contributed by atoms with Crippen LogP contribution in [0.15, 0.2) is 42.5 Å². The fourth-order valence-electron chi connectivity index (χ4n) is 2.76. The topological polar surface area (TPSA) is 23.5 Å². The quantitative estimate of drug-likeness (QED) is 0.811. The number of nitrogens with zero attached hydrogens (tertiary/aromatic N) is 1. The lowest BCUT2D eigenvalue weighted by atomic mass is 9.92. The van der Waals surface area contributed by atoms with Crippen LogP contribution in [-0.4, -0.2) is 28.6 Å². The molecule has 2 aromatic rings.